The Balaban J connectivity index is 4.69. The van der Waals surface area contributed by atoms with Gasteiger partial charge >= 0.3 is 12.2 Å². The topological polar surface area (TPSA) is 203 Å². The van der Waals surface area contributed by atoms with Crippen LogP contribution >= 0.6 is 0 Å². The highest BCUT2D eigenvalue weighted by molar-refractivity contribution is 5.86. The van der Waals surface area contributed by atoms with Crippen LogP contribution in [-0.4, -0.2) is 80.6 Å². The van der Waals surface area contributed by atoms with Crippen molar-refractivity contribution in [1.82, 2.24) is 10.6 Å². The highest BCUT2D eigenvalue weighted by Crippen LogP contribution is 2.09. The summed E-state index contributed by atoms with van der Waals surface area (Å²) in [7, 11) is 0. The Morgan fingerprint density at radius 2 is 1.74 bits per heavy atom. The fourth-order valence-electron chi connectivity index (χ4n) is 2.19. The van der Waals surface area contributed by atoms with Gasteiger partial charge in [0.2, 0.25) is 5.91 Å². The first-order valence-electron chi connectivity index (χ1n) is 10.4. The molecule has 0 saturated carbocycles. The van der Waals surface area contributed by atoms with E-state index in [9.17, 15) is 29.4 Å². The van der Waals surface area contributed by atoms with E-state index < -0.39 is 41.0 Å². The van der Waals surface area contributed by atoms with Gasteiger partial charge in [-0.05, 0) is 40.5 Å². The molecule has 0 aliphatic carbocycles. The fraction of sp³-hybridized carbons (Fsp3) is 0.833. The van der Waals surface area contributed by atoms with Crippen LogP contribution in [0.25, 0.3) is 0 Å². The second kappa shape index (κ2) is 17.1. The second-order valence-corrected chi connectivity index (χ2v) is 7.62. The predicted octanol–water partition coefficient (Wildman–Crippen LogP) is 1.24. The number of hydrogen-bond donors (Lipinski definition) is 2. The lowest BCUT2D eigenvalue weighted by Gasteiger charge is -2.26. The van der Waals surface area contributed by atoms with E-state index in [1.165, 1.54) is 6.92 Å². The molecule has 34 heavy (non-hydrogen) atoms. The lowest BCUT2D eigenvalue weighted by atomic mass is 10.1. The van der Waals surface area contributed by atoms with Gasteiger partial charge in [-0.1, -0.05) is 0 Å². The maximum absolute atomic E-state index is 12.6. The average Bonchev–Trinajstić information content (AvgIpc) is 2.72. The molecule has 0 aromatic carbocycles. The Bertz CT molecular complexity index is 655. The van der Waals surface area contributed by atoms with E-state index in [-0.39, 0.29) is 39.6 Å². The van der Waals surface area contributed by atoms with E-state index in [1.54, 1.807) is 20.8 Å². The lowest BCUT2D eigenvalue weighted by molar-refractivity contribution is -0.757. The summed E-state index contributed by atoms with van der Waals surface area (Å²) in [6.07, 6.45) is -2.49. The largest absolute Gasteiger partial charge is 0.508 e. The van der Waals surface area contributed by atoms with Gasteiger partial charge in [0, 0.05) is 6.54 Å². The SMILES string of the molecule is CC(OC(=O)OCCOCCON=O)C(NC(=O)OC(C)(C)C)C(=O)NCCCCO[N+](=O)[O-]. The van der Waals surface area contributed by atoms with Gasteiger partial charge in [-0.2, -0.15) is 0 Å². The van der Waals surface area contributed by atoms with Crippen molar-refractivity contribution in [2.45, 2.75) is 58.3 Å². The molecule has 0 aromatic rings. The van der Waals surface area contributed by atoms with E-state index in [4.69, 9.17) is 18.9 Å². The van der Waals surface area contributed by atoms with Gasteiger partial charge in [-0.15, -0.1) is 15.0 Å². The summed E-state index contributed by atoms with van der Waals surface area (Å²) in [6, 6.07) is -1.32. The van der Waals surface area contributed by atoms with Crippen LogP contribution in [0, 0.1) is 15.0 Å². The van der Waals surface area contributed by atoms with Crippen LogP contribution < -0.4 is 10.6 Å². The zero-order valence-corrected chi connectivity index (χ0v) is 19.6. The van der Waals surface area contributed by atoms with Gasteiger partial charge in [0.1, 0.15) is 31.0 Å². The molecular formula is C18H32N4O12. The van der Waals surface area contributed by atoms with E-state index in [0.29, 0.717) is 12.8 Å². The quantitative estimate of drug-likeness (QED) is 0.0959. The van der Waals surface area contributed by atoms with Gasteiger partial charge in [-0.3, -0.25) is 4.79 Å². The minimum absolute atomic E-state index is 0.00800. The van der Waals surface area contributed by atoms with Gasteiger partial charge in [0.15, 0.2) is 5.34 Å². The van der Waals surface area contributed by atoms with Crippen LogP contribution in [0.15, 0.2) is 5.34 Å². The maximum Gasteiger partial charge on any atom is 0.508 e. The normalized spacial score (nSPS) is 12.5. The third-order valence-electron chi connectivity index (χ3n) is 3.59. The number of alkyl carbamates (subject to hydrolysis) is 1. The fourth-order valence-corrected chi connectivity index (χ4v) is 2.19. The summed E-state index contributed by atoms with van der Waals surface area (Å²) < 4.78 is 20.0. The molecule has 16 heteroatoms. The monoisotopic (exact) mass is 496 g/mol. The number of carbonyl (C=O) groups is 3. The zero-order chi connectivity index (χ0) is 26.0. The van der Waals surface area contributed by atoms with Gasteiger partial charge in [0.25, 0.3) is 5.09 Å². The molecular weight excluding hydrogens is 464 g/mol. The summed E-state index contributed by atoms with van der Waals surface area (Å²) in [6.45, 7) is 6.09. The maximum atomic E-state index is 12.6. The molecule has 0 rings (SSSR count). The molecule has 0 fully saturated rings. The van der Waals surface area contributed by atoms with Crippen LogP contribution in [-0.2, 0) is 33.4 Å². The Morgan fingerprint density at radius 3 is 2.35 bits per heavy atom. The van der Waals surface area contributed by atoms with Crippen molar-refractivity contribution in [3.05, 3.63) is 15.0 Å². The first kappa shape index (κ1) is 30.6. The first-order chi connectivity index (χ1) is 16.0. The Labute approximate surface area is 195 Å². The molecule has 2 N–H and O–H groups in total. The average molecular weight is 496 g/mol. The van der Waals surface area contributed by atoms with Crippen molar-refractivity contribution in [3.8, 4) is 0 Å². The number of carbonyl (C=O) groups excluding carboxylic acids is 3. The molecule has 16 nitrogen and oxygen atoms in total. The summed E-state index contributed by atoms with van der Waals surface area (Å²) in [5, 5.41) is 16.3. The van der Waals surface area contributed by atoms with Crippen LogP contribution in [0.2, 0.25) is 0 Å². The standard InChI is InChI=1S/C18H32N4O12/c1-13(33-17(25)30-11-9-29-10-12-31-21-26)14(20-16(24)34-18(2,3)4)15(23)19-7-5-6-8-32-22(27)28/h13-14H,5-12H2,1-4H3,(H,19,23)(H,20,24). The first-order valence-corrected chi connectivity index (χ1v) is 10.4. The van der Waals surface area contributed by atoms with E-state index in [2.05, 4.69) is 25.6 Å². The molecule has 0 aromatic heterocycles. The summed E-state index contributed by atoms with van der Waals surface area (Å²) in [4.78, 5) is 64.8. The van der Waals surface area contributed by atoms with E-state index in [0.717, 1.165) is 0 Å². The highest BCUT2D eigenvalue weighted by atomic mass is 16.9. The van der Waals surface area contributed by atoms with Crippen LogP contribution in [0.5, 0.6) is 0 Å². The van der Waals surface area contributed by atoms with Crippen molar-refractivity contribution < 1.29 is 48.1 Å². The zero-order valence-electron chi connectivity index (χ0n) is 19.6. The second-order valence-electron chi connectivity index (χ2n) is 7.62. The summed E-state index contributed by atoms with van der Waals surface area (Å²) >= 11 is 0. The van der Waals surface area contributed by atoms with Crippen molar-refractivity contribution >= 4 is 18.2 Å². The smallest absolute Gasteiger partial charge is 0.444 e. The molecule has 0 radical (unpaired) electrons. The van der Waals surface area contributed by atoms with Crippen molar-refractivity contribution in [1.29, 1.82) is 0 Å². The number of ether oxygens (including phenoxy) is 4. The molecule has 2 atom stereocenters. The van der Waals surface area contributed by atoms with E-state index in [1.807, 2.05) is 0 Å². The van der Waals surface area contributed by atoms with Crippen LogP contribution in [0.3, 0.4) is 0 Å². The molecule has 196 valence electrons. The number of hydrogen-bond acceptors (Lipinski definition) is 13. The molecule has 0 heterocycles. The van der Waals surface area contributed by atoms with Gasteiger partial charge in [-0.25, -0.2) is 9.59 Å². The number of amides is 2. The molecule has 0 aliphatic rings. The number of unbranched alkanes of at least 4 members (excludes halogenated alkanes) is 1. The predicted molar refractivity (Wildman–Crippen MR) is 113 cm³/mol. The third-order valence-corrected chi connectivity index (χ3v) is 3.59. The number of rotatable bonds is 17. The Kier molecular flexibility index (Phi) is 15.4. The highest BCUT2D eigenvalue weighted by Gasteiger charge is 2.31. The lowest BCUT2D eigenvalue weighted by Crippen LogP contribution is -2.54. The van der Waals surface area contributed by atoms with Crippen molar-refractivity contribution in [2.24, 2.45) is 5.34 Å². The molecule has 0 saturated heterocycles. The Morgan fingerprint density at radius 1 is 1.06 bits per heavy atom. The van der Waals surface area contributed by atoms with Gasteiger partial charge in [0.05, 0.1) is 19.8 Å². The molecule has 2 unspecified atom stereocenters. The summed E-state index contributed by atoms with van der Waals surface area (Å²) in [5.41, 5.74) is -0.835. The minimum atomic E-state index is -1.32. The van der Waals surface area contributed by atoms with E-state index >= 15 is 0 Å². The van der Waals surface area contributed by atoms with Gasteiger partial charge < -0.3 is 39.3 Å². The summed E-state index contributed by atoms with van der Waals surface area (Å²) in [5.74, 6) is -0.673. The molecule has 2 amide bonds. The van der Waals surface area contributed by atoms with Crippen LogP contribution in [0.4, 0.5) is 9.59 Å². The molecule has 0 bridgehead atoms. The van der Waals surface area contributed by atoms with Crippen molar-refractivity contribution in [2.75, 3.05) is 39.6 Å². The Hall–Kier alpha value is -3.43. The molecule has 0 aliphatic heterocycles. The van der Waals surface area contributed by atoms with Crippen LogP contribution in [0.1, 0.15) is 40.5 Å². The number of nitrogens with one attached hydrogen (secondary N) is 2. The minimum Gasteiger partial charge on any atom is -0.444 e. The molecule has 0 spiro atoms. The number of nitrogens with zero attached hydrogens (tertiary/aromatic N) is 2. The third kappa shape index (κ3) is 17.2. The van der Waals surface area contributed by atoms with Crippen molar-refractivity contribution in [3.63, 3.8) is 0 Å².